The molecule has 0 amide bonds. The van der Waals surface area contributed by atoms with E-state index in [4.69, 9.17) is 9.47 Å². The molecule has 1 aromatic heterocycles. The van der Waals surface area contributed by atoms with Gasteiger partial charge >= 0.3 is 0 Å². The van der Waals surface area contributed by atoms with Gasteiger partial charge in [-0.1, -0.05) is 6.92 Å². The predicted molar refractivity (Wildman–Crippen MR) is 81.7 cm³/mol. The molecule has 0 saturated heterocycles. The lowest BCUT2D eigenvalue weighted by Crippen LogP contribution is -2.23. The number of methoxy groups -OCH3 is 2. The van der Waals surface area contributed by atoms with Crippen LogP contribution >= 0.6 is 0 Å². The lowest BCUT2D eigenvalue weighted by atomic mass is 9.99. The Morgan fingerprint density at radius 3 is 2.29 bits per heavy atom. The SMILES string of the molecule is CCCNC(c1ccnnc1)c1cc(OC)cc(OC)c1. The highest BCUT2D eigenvalue weighted by Crippen LogP contribution is 2.29. The van der Waals surface area contributed by atoms with Crippen molar-refractivity contribution < 1.29 is 9.47 Å². The number of hydrogen-bond donors (Lipinski definition) is 1. The first kappa shape index (κ1) is 15.3. The molecule has 21 heavy (non-hydrogen) atoms. The van der Waals surface area contributed by atoms with E-state index in [1.807, 2.05) is 24.3 Å². The Balaban J connectivity index is 2.40. The summed E-state index contributed by atoms with van der Waals surface area (Å²) in [4.78, 5) is 0. The summed E-state index contributed by atoms with van der Waals surface area (Å²) in [6.07, 6.45) is 4.53. The second kappa shape index (κ2) is 7.59. The number of ether oxygens (including phenoxy) is 2. The Labute approximate surface area is 125 Å². The molecule has 0 bridgehead atoms. The van der Waals surface area contributed by atoms with Crippen LogP contribution in [0.2, 0.25) is 0 Å². The van der Waals surface area contributed by atoms with Crippen LogP contribution in [-0.2, 0) is 0 Å². The van der Waals surface area contributed by atoms with Crippen LogP contribution in [0.5, 0.6) is 11.5 Å². The predicted octanol–water partition coefficient (Wildman–Crippen LogP) is 2.58. The Morgan fingerprint density at radius 1 is 1.05 bits per heavy atom. The second-order valence-corrected chi connectivity index (χ2v) is 4.71. The molecule has 2 rings (SSSR count). The van der Waals surface area contributed by atoms with Crippen LogP contribution in [0.1, 0.15) is 30.5 Å². The van der Waals surface area contributed by atoms with Crippen LogP contribution in [0, 0.1) is 0 Å². The van der Waals surface area contributed by atoms with Crippen molar-refractivity contribution in [2.45, 2.75) is 19.4 Å². The fourth-order valence-corrected chi connectivity index (χ4v) is 2.18. The fourth-order valence-electron chi connectivity index (χ4n) is 2.18. The van der Waals surface area contributed by atoms with E-state index in [1.54, 1.807) is 26.6 Å². The van der Waals surface area contributed by atoms with E-state index in [1.165, 1.54) is 0 Å². The minimum Gasteiger partial charge on any atom is -0.497 e. The van der Waals surface area contributed by atoms with Crippen molar-refractivity contribution in [1.29, 1.82) is 0 Å². The third-order valence-electron chi connectivity index (χ3n) is 3.25. The van der Waals surface area contributed by atoms with Crippen molar-refractivity contribution >= 4 is 0 Å². The van der Waals surface area contributed by atoms with Crippen molar-refractivity contribution in [2.75, 3.05) is 20.8 Å². The van der Waals surface area contributed by atoms with Crippen LogP contribution in [0.4, 0.5) is 0 Å². The molecule has 0 aliphatic carbocycles. The van der Waals surface area contributed by atoms with Crippen LogP contribution in [0.15, 0.2) is 36.7 Å². The van der Waals surface area contributed by atoms with Gasteiger partial charge in [0.1, 0.15) is 11.5 Å². The monoisotopic (exact) mass is 287 g/mol. The molecule has 0 aliphatic rings. The number of rotatable bonds is 7. The molecule has 1 unspecified atom stereocenters. The van der Waals surface area contributed by atoms with Crippen molar-refractivity contribution in [3.8, 4) is 11.5 Å². The van der Waals surface area contributed by atoms with E-state index >= 15 is 0 Å². The standard InChI is InChI=1S/C16H21N3O2/c1-4-6-17-16(12-5-7-18-19-11-12)13-8-14(20-2)10-15(9-13)21-3/h5,7-11,16-17H,4,6H2,1-3H3. The maximum atomic E-state index is 5.35. The first-order chi connectivity index (χ1) is 10.3. The number of nitrogens with zero attached hydrogens (tertiary/aromatic N) is 2. The average molecular weight is 287 g/mol. The van der Waals surface area contributed by atoms with Crippen molar-refractivity contribution in [2.24, 2.45) is 0 Å². The van der Waals surface area contributed by atoms with E-state index in [0.717, 1.165) is 35.6 Å². The normalized spacial score (nSPS) is 12.0. The van der Waals surface area contributed by atoms with Gasteiger partial charge in [-0.25, -0.2) is 0 Å². The molecule has 0 radical (unpaired) electrons. The first-order valence-electron chi connectivity index (χ1n) is 7.01. The maximum absolute atomic E-state index is 5.35. The molecule has 1 heterocycles. The molecule has 2 aromatic rings. The minimum absolute atomic E-state index is 0.0319. The van der Waals surface area contributed by atoms with Crippen molar-refractivity contribution in [3.63, 3.8) is 0 Å². The van der Waals surface area contributed by atoms with Gasteiger partial charge in [0.15, 0.2) is 0 Å². The zero-order valence-corrected chi connectivity index (χ0v) is 12.7. The van der Waals surface area contributed by atoms with Gasteiger partial charge in [-0.05, 0) is 42.3 Å². The summed E-state index contributed by atoms with van der Waals surface area (Å²) in [6, 6.07) is 7.88. The fraction of sp³-hybridized carbons (Fsp3) is 0.375. The van der Waals surface area contributed by atoms with E-state index < -0.39 is 0 Å². The number of nitrogens with one attached hydrogen (secondary N) is 1. The molecule has 0 spiro atoms. The summed E-state index contributed by atoms with van der Waals surface area (Å²) < 4.78 is 10.7. The van der Waals surface area contributed by atoms with Gasteiger partial charge in [-0.2, -0.15) is 10.2 Å². The molecule has 0 fully saturated rings. The van der Waals surface area contributed by atoms with Crippen molar-refractivity contribution in [1.82, 2.24) is 15.5 Å². The van der Waals surface area contributed by atoms with Crippen LogP contribution in [0.25, 0.3) is 0 Å². The second-order valence-electron chi connectivity index (χ2n) is 4.71. The molecule has 1 aromatic carbocycles. The van der Waals surface area contributed by atoms with E-state index in [0.29, 0.717) is 0 Å². The Hall–Kier alpha value is -2.14. The van der Waals surface area contributed by atoms with Gasteiger partial charge in [-0.15, -0.1) is 0 Å². The van der Waals surface area contributed by atoms with Gasteiger partial charge in [0, 0.05) is 12.3 Å². The molecular formula is C16H21N3O2. The highest BCUT2D eigenvalue weighted by molar-refractivity contribution is 5.42. The van der Waals surface area contributed by atoms with Gasteiger partial charge in [-0.3, -0.25) is 0 Å². The highest BCUT2D eigenvalue weighted by Gasteiger charge is 2.16. The quantitative estimate of drug-likeness (QED) is 0.848. The lowest BCUT2D eigenvalue weighted by Gasteiger charge is -2.20. The molecule has 112 valence electrons. The summed E-state index contributed by atoms with van der Waals surface area (Å²) in [5.41, 5.74) is 2.14. The Kier molecular flexibility index (Phi) is 5.51. The molecule has 0 saturated carbocycles. The van der Waals surface area contributed by atoms with Crippen molar-refractivity contribution in [3.05, 3.63) is 47.8 Å². The number of benzene rings is 1. The van der Waals surface area contributed by atoms with E-state index in [2.05, 4.69) is 22.4 Å². The minimum atomic E-state index is 0.0319. The number of hydrogen-bond acceptors (Lipinski definition) is 5. The molecular weight excluding hydrogens is 266 g/mol. The van der Waals surface area contributed by atoms with Crippen LogP contribution in [0.3, 0.4) is 0 Å². The highest BCUT2D eigenvalue weighted by atomic mass is 16.5. The lowest BCUT2D eigenvalue weighted by molar-refractivity contribution is 0.392. The molecule has 5 nitrogen and oxygen atoms in total. The molecule has 0 aliphatic heterocycles. The van der Waals surface area contributed by atoms with Gasteiger partial charge < -0.3 is 14.8 Å². The topological polar surface area (TPSA) is 56.3 Å². The van der Waals surface area contributed by atoms with Gasteiger partial charge in [0.2, 0.25) is 0 Å². The van der Waals surface area contributed by atoms with E-state index in [-0.39, 0.29) is 6.04 Å². The Morgan fingerprint density at radius 2 is 1.76 bits per heavy atom. The molecule has 1 N–H and O–H groups in total. The summed E-state index contributed by atoms with van der Waals surface area (Å²) >= 11 is 0. The maximum Gasteiger partial charge on any atom is 0.122 e. The summed E-state index contributed by atoms with van der Waals surface area (Å²) in [6.45, 7) is 3.05. The first-order valence-corrected chi connectivity index (χ1v) is 7.01. The molecule has 5 heteroatoms. The number of aromatic nitrogens is 2. The van der Waals surface area contributed by atoms with Crippen LogP contribution in [-0.4, -0.2) is 31.0 Å². The summed E-state index contributed by atoms with van der Waals surface area (Å²) in [7, 11) is 3.31. The molecule has 1 atom stereocenters. The summed E-state index contributed by atoms with van der Waals surface area (Å²) in [5.74, 6) is 1.55. The van der Waals surface area contributed by atoms with Gasteiger partial charge in [0.05, 0.1) is 26.5 Å². The average Bonchev–Trinajstić information content (AvgIpc) is 2.55. The largest absolute Gasteiger partial charge is 0.497 e. The third-order valence-corrected chi connectivity index (χ3v) is 3.25. The van der Waals surface area contributed by atoms with Gasteiger partial charge in [0.25, 0.3) is 0 Å². The van der Waals surface area contributed by atoms with E-state index in [9.17, 15) is 0 Å². The zero-order chi connectivity index (χ0) is 15.1. The summed E-state index contributed by atoms with van der Waals surface area (Å²) in [5, 5.41) is 11.3. The third kappa shape index (κ3) is 3.92. The van der Waals surface area contributed by atoms with Crippen LogP contribution < -0.4 is 14.8 Å². The zero-order valence-electron chi connectivity index (χ0n) is 12.7. The Bertz CT molecular complexity index is 538. The smallest absolute Gasteiger partial charge is 0.122 e.